The van der Waals surface area contributed by atoms with Crippen molar-refractivity contribution in [3.8, 4) is 0 Å². The van der Waals surface area contributed by atoms with Crippen molar-refractivity contribution in [1.29, 1.82) is 0 Å². The predicted octanol–water partition coefficient (Wildman–Crippen LogP) is 2.00. The van der Waals surface area contributed by atoms with Crippen LogP contribution in [0.25, 0.3) is 0 Å². The van der Waals surface area contributed by atoms with Crippen LogP contribution in [0.4, 0.5) is 0 Å². The lowest BCUT2D eigenvalue weighted by Gasteiger charge is -2.14. The lowest BCUT2D eigenvalue weighted by atomic mass is 10.2. The molecule has 184 valence electrons. The van der Waals surface area contributed by atoms with Crippen molar-refractivity contribution in [2.75, 3.05) is 45.3 Å². The van der Waals surface area contributed by atoms with E-state index >= 15 is 0 Å². The summed E-state index contributed by atoms with van der Waals surface area (Å²) in [5.41, 5.74) is 0.860. The zero-order valence-electron chi connectivity index (χ0n) is 20.0. The van der Waals surface area contributed by atoms with Gasteiger partial charge in [0, 0.05) is 25.0 Å². The van der Waals surface area contributed by atoms with Crippen LogP contribution in [0.2, 0.25) is 0 Å². The number of unbranched alkanes of at least 4 members (excludes halogenated alkanes) is 1. The summed E-state index contributed by atoms with van der Waals surface area (Å²) in [6, 6.07) is -0.500. The summed E-state index contributed by atoms with van der Waals surface area (Å²) < 4.78 is 4.49. The van der Waals surface area contributed by atoms with Gasteiger partial charge in [-0.2, -0.15) is 11.8 Å². The molecule has 0 saturated carbocycles. The number of carbonyl (C=O) groups excluding carboxylic acids is 3. The molecule has 1 atom stereocenters. The maximum Gasteiger partial charge on any atom is 0.328 e. The fraction of sp³-hybridized carbons (Fsp3) is 0.727. The van der Waals surface area contributed by atoms with E-state index in [4.69, 9.17) is 0 Å². The second-order valence-corrected chi connectivity index (χ2v) is 8.28. The van der Waals surface area contributed by atoms with Gasteiger partial charge in [-0.1, -0.05) is 26.7 Å². The first-order chi connectivity index (χ1) is 15.5. The molecule has 2 amide bonds. The van der Waals surface area contributed by atoms with Gasteiger partial charge in [-0.25, -0.2) is 9.78 Å². The summed E-state index contributed by atoms with van der Waals surface area (Å²) in [6.07, 6.45) is 11.9. The van der Waals surface area contributed by atoms with Crippen LogP contribution in [0, 0.1) is 0 Å². The fourth-order valence-corrected chi connectivity index (χ4v) is 3.18. The van der Waals surface area contributed by atoms with E-state index in [1.807, 2.05) is 6.26 Å². The lowest BCUT2D eigenvalue weighted by molar-refractivity contribution is -0.144. The van der Waals surface area contributed by atoms with Crippen LogP contribution in [0.5, 0.6) is 0 Å². The van der Waals surface area contributed by atoms with E-state index in [0.29, 0.717) is 19.3 Å². The normalized spacial score (nSPS) is 13.6. The number of methoxy groups -OCH3 is 1. The zero-order chi connectivity index (χ0) is 24.0. The number of rotatable bonds is 12. The molecule has 2 heterocycles. The molecule has 0 radical (unpaired) electrons. The van der Waals surface area contributed by atoms with E-state index in [0.717, 1.165) is 24.5 Å². The first-order valence-electron chi connectivity index (χ1n) is 11.2. The van der Waals surface area contributed by atoms with Crippen molar-refractivity contribution in [2.45, 2.75) is 58.4 Å². The summed E-state index contributed by atoms with van der Waals surface area (Å²) in [6.45, 7) is 8.43. The maximum atomic E-state index is 11.5. The summed E-state index contributed by atoms with van der Waals surface area (Å²) >= 11 is 1.62. The molecule has 1 aliphatic rings. The van der Waals surface area contributed by atoms with Gasteiger partial charge in [0.2, 0.25) is 12.3 Å². The molecule has 0 aliphatic carbocycles. The van der Waals surface area contributed by atoms with Crippen LogP contribution >= 0.6 is 11.8 Å². The lowest BCUT2D eigenvalue weighted by Crippen LogP contribution is -2.37. The first-order valence-corrected chi connectivity index (χ1v) is 12.6. The molecule has 2 rings (SSSR count). The molecule has 1 aromatic heterocycles. The largest absolute Gasteiger partial charge is 0.467 e. The number of nitrogens with zero attached hydrogens (tertiary/aromatic N) is 2. The number of ether oxygens (including phenoxy) is 1. The number of aromatic amines is 1. The summed E-state index contributed by atoms with van der Waals surface area (Å²) in [4.78, 5) is 41.7. The Labute approximate surface area is 196 Å². The Morgan fingerprint density at radius 3 is 2.50 bits per heavy atom. The van der Waals surface area contributed by atoms with Gasteiger partial charge < -0.3 is 25.3 Å². The van der Waals surface area contributed by atoms with E-state index in [2.05, 4.69) is 44.1 Å². The average molecular weight is 472 g/mol. The van der Waals surface area contributed by atoms with Gasteiger partial charge in [0.15, 0.2) is 0 Å². The number of thioether (sulfide) groups is 1. The quantitative estimate of drug-likeness (QED) is 0.315. The third-order valence-electron chi connectivity index (χ3n) is 4.72. The van der Waals surface area contributed by atoms with Crippen molar-refractivity contribution < 1.29 is 19.1 Å². The number of hydrogen-bond acceptors (Lipinski definition) is 7. The topological polar surface area (TPSA) is 116 Å². The first kappa shape index (κ1) is 29.9. The molecule has 32 heavy (non-hydrogen) atoms. The van der Waals surface area contributed by atoms with Gasteiger partial charge in [0.1, 0.15) is 6.04 Å². The van der Waals surface area contributed by atoms with E-state index < -0.39 is 12.0 Å². The molecule has 1 fully saturated rings. The van der Waals surface area contributed by atoms with Crippen LogP contribution in [0.15, 0.2) is 12.5 Å². The minimum absolute atomic E-state index is 0.0587. The molecular formula is C22H41N5O4S. The zero-order valence-corrected chi connectivity index (χ0v) is 20.8. The van der Waals surface area contributed by atoms with Gasteiger partial charge in [-0.05, 0) is 44.4 Å². The number of imidazole rings is 1. The number of amides is 2. The Balaban J connectivity index is 0.000000533. The minimum Gasteiger partial charge on any atom is -0.467 e. The van der Waals surface area contributed by atoms with Gasteiger partial charge >= 0.3 is 5.97 Å². The minimum atomic E-state index is -0.500. The van der Waals surface area contributed by atoms with Gasteiger partial charge in [-0.3, -0.25) is 9.59 Å². The van der Waals surface area contributed by atoms with Crippen LogP contribution in [-0.2, 0) is 25.5 Å². The molecule has 3 N–H and O–H groups in total. The number of hydrogen-bond donors (Lipinski definition) is 3. The van der Waals surface area contributed by atoms with Crippen molar-refractivity contribution >= 4 is 30.0 Å². The van der Waals surface area contributed by atoms with Crippen molar-refractivity contribution in [3.05, 3.63) is 18.2 Å². The maximum absolute atomic E-state index is 11.5. The highest BCUT2D eigenvalue weighted by atomic mass is 32.2. The van der Waals surface area contributed by atoms with Crippen LogP contribution < -0.4 is 10.6 Å². The highest BCUT2D eigenvalue weighted by Crippen LogP contribution is 2.05. The molecule has 10 heteroatoms. The molecular weight excluding hydrogens is 430 g/mol. The monoisotopic (exact) mass is 471 g/mol. The van der Waals surface area contributed by atoms with E-state index in [1.54, 1.807) is 24.3 Å². The number of carbonyl (C=O) groups is 3. The van der Waals surface area contributed by atoms with Crippen molar-refractivity contribution in [2.24, 2.45) is 0 Å². The Kier molecular flexibility index (Phi) is 19.5. The Bertz CT molecular complexity index is 593. The summed E-state index contributed by atoms with van der Waals surface area (Å²) in [7, 11) is 1.31. The predicted molar refractivity (Wildman–Crippen MR) is 130 cm³/mol. The molecule has 1 saturated heterocycles. The van der Waals surface area contributed by atoms with E-state index in [-0.39, 0.29) is 5.91 Å². The Morgan fingerprint density at radius 1 is 1.31 bits per heavy atom. The van der Waals surface area contributed by atoms with Crippen LogP contribution in [-0.4, -0.2) is 84.5 Å². The molecule has 1 aliphatic heterocycles. The molecule has 0 aromatic carbocycles. The van der Waals surface area contributed by atoms with E-state index in [1.165, 1.54) is 45.9 Å². The number of nitrogens with one attached hydrogen (secondary N) is 3. The van der Waals surface area contributed by atoms with Gasteiger partial charge in [0.25, 0.3) is 0 Å². The molecule has 0 spiro atoms. The third-order valence-corrected chi connectivity index (χ3v) is 5.36. The molecule has 1 unspecified atom stereocenters. The third kappa shape index (κ3) is 15.7. The SMILES string of the molecule is CCCC.COC(=O)C(CCSC)NC=O.O=C(Cc1cnc[nH]1)NCCN1CCCC1. The second-order valence-electron chi connectivity index (χ2n) is 7.29. The Hall–Kier alpha value is -2.07. The van der Waals surface area contributed by atoms with Crippen molar-refractivity contribution in [3.63, 3.8) is 0 Å². The van der Waals surface area contributed by atoms with Crippen LogP contribution in [0.1, 0.15) is 51.6 Å². The van der Waals surface area contributed by atoms with E-state index in [9.17, 15) is 14.4 Å². The Morgan fingerprint density at radius 2 is 2.00 bits per heavy atom. The van der Waals surface area contributed by atoms with Gasteiger partial charge in [-0.15, -0.1) is 0 Å². The summed E-state index contributed by atoms with van der Waals surface area (Å²) in [5, 5.41) is 5.32. The smallest absolute Gasteiger partial charge is 0.328 e. The average Bonchev–Trinajstić information content (AvgIpc) is 3.51. The number of likely N-dealkylation sites (tertiary alicyclic amines) is 1. The highest BCUT2D eigenvalue weighted by molar-refractivity contribution is 7.98. The highest BCUT2D eigenvalue weighted by Gasteiger charge is 2.16. The van der Waals surface area contributed by atoms with Gasteiger partial charge in [0.05, 0.1) is 19.9 Å². The standard InChI is InChI=1S/C11H18N4O.C7H13NO3S.C4H10/c16-11(7-10-8-12-9-14-10)13-3-6-15-4-1-2-5-15;1-11-7(10)6(8-5-9)3-4-12-2;1-3-4-2/h8-9H,1-7H2,(H,12,14)(H,13,16);5-6H,3-4H2,1-2H3,(H,8,9);3-4H2,1-2H3. The van der Waals surface area contributed by atoms with Crippen molar-refractivity contribution in [1.82, 2.24) is 25.5 Å². The molecule has 1 aromatic rings. The molecule has 9 nitrogen and oxygen atoms in total. The number of aromatic nitrogens is 2. The number of esters is 1. The second kappa shape index (κ2) is 20.8. The molecule has 0 bridgehead atoms. The summed E-state index contributed by atoms with van der Waals surface area (Å²) in [5.74, 6) is 0.486. The number of H-pyrrole nitrogens is 1. The van der Waals surface area contributed by atoms with Crippen LogP contribution in [0.3, 0.4) is 0 Å². The fourth-order valence-electron chi connectivity index (χ4n) is 2.71.